The van der Waals surface area contributed by atoms with Crippen molar-refractivity contribution in [3.8, 4) is 17.0 Å². The van der Waals surface area contributed by atoms with E-state index in [9.17, 15) is 0 Å². The van der Waals surface area contributed by atoms with Crippen molar-refractivity contribution in [2.45, 2.75) is 13.5 Å². The van der Waals surface area contributed by atoms with Crippen molar-refractivity contribution in [2.24, 2.45) is 0 Å². The van der Waals surface area contributed by atoms with Crippen LogP contribution in [0.2, 0.25) is 0 Å². The lowest BCUT2D eigenvalue weighted by atomic mass is 10.2. The fourth-order valence-electron chi connectivity index (χ4n) is 3.82. The third kappa shape index (κ3) is 4.77. The van der Waals surface area contributed by atoms with E-state index in [4.69, 9.17) is 19.4 Å². The SMILES string of the molecule is CCN(c1ccc(-c2cn3nc(NCc4ccc(OC)cc4)sc3n2)cn1)N1CCOCC1. The number of hydrogen-bond donors (Lipinski definition) is 1. The summed E-state index contributed by atoms with van der Waals surface area (Å²) in [6.07, 6.45) is 3.83. The smallest absolute Gasteiger partial charge is 0.214 e. The van der Waals surface area contributed by atoms with Crippen LogP contribution >= 0.6 is 11.3 Å². The van der Waals surface area contributed by atoms with Crippen LogP contribution < -0.4 is 15.1 Å². The molecule has 3 aromatic heterocycles. The topological polar surface area (TPSA) is 80.0 Å². The second-order valence-electron chi connectivity index (χ2n) is 7.65. The van der Waals surface area contributed by atoms with Gasteiger partial charge >= 0.3 is 0 Å². The van der Waals surface area contributed by atoms with E-state index >= 15 is 0 Å². The molecule has 1 aromatic carbocycles. The molecule has 4 aromatic rings. The van der Waals surface area contributed by atoms with Crippen molar-refractivity contribution in [1.29, 1.82) is 0 Å². The average Bonchev–Trinajstić information content (AvgIpc) is 3.44. The summed E-state index contributed by atoms with van der Waals surface area (Å²) in [7, 11) is 1.67. The number of rotatable bonds is 8. The number of morpholine rings is 1. The lowest BCUT2D eigenvalue weighted by Crippen LogP contribution is -2.49. The zero-order valence-corrected chi connectivity index (χ0v) is 19.6. The first kappa shape index (κ1) is 21.6. The van der Waals surface area contributed by atoms with E-state index in [-0.39, 0.29) is 0 Å². The third-order valence-electron chi connectivity index (χ3n) is 5.58. The molecule has 0 spiro atoms. The van der Waals surface area contributed by atoms with E-state index in [1.807, 2.05) is 41.2 Å². The third-order valence-corrected chi connectivity index (χ3v) is 6.46. The van der Waals surface area contributed by atoms with Gasteiger partial charge in [-0.25, -0.2) is 19.5 Å². The molecule has 1 aliphatic rings. The van der Waals surface area contributed by atoms with Gasteiger partial charge in [-0.05, 0) is 36.8 Å². The fraction of sp³-hybridized carbons (Fsp3) is 0.348. The first-order valence-corrected chi connectivity index (χ1v) is 11.8. The molecule has 0 aliphatic carbocycles. The number of hydrogen-bond acceptors (Lipinski definition) is 9. The summed E-state index contributed by atoms with van der Waals surface area (Å²) >= 11 is 1.53. The molecule has 172 valence electrons. The summed E-state index contributed by atoms with van der Waals surface area (Å²) in [5.74, 6) is 1.79. The molecule has 1 saturated heterocycles. The number of imidazole rings is 1. The van der Waals surface area contributed by atoms with Gasteiger partial charge in [-0.3, -0.25) is 5.01 Å². The molecule has 0 saturated carbocycles. The van der Waals surface area contributed by atoms with Crippen LogP contribution in [0, 0.1) is 0 Å². The van der Waals surface area contributed by atoms with Gasteiger partial charge < -0.3 is 14.8 Å². The molecule has 0 bridgehead atoms. The number of anilines is 2. The van der Waals surface area contributed by atoms with E-state index in [2.05, 4.69) is 39.5 Å². The van der Waals surface area contributed by atoms with Crippen molar-refractivity contribution in [3.63, 3.8) is 0 Å². The van der Waals surface area contributed by atoms with Crippen LogP contribution in [0.4, 0.5) is 10.9 Å². The largest absolute Gasteiger partial charge is 0.497 e. The Morgan fingerprint density at radius 3 is 2.64 bits per heavy atom. The Balaban J connectivity index is 1.25. The number of benzene rings is 1. The highest BCUT2D eigenvalue weighted by Crippen LogP contribution is 2.26. The molecule has 0 unspecified atom stereocenters. The van der Waals surface area contributed by atoms with Crippen LogP contribution in [0.25, 0.3) is 16.2 Å². The molecule has 5 rings (SSSR count). The van der Waals surface area contributed by atoms with Crippen LogP contribution in [0.1, 0.15) is 12.5 Å². The van der Waals surface area contributed by atoms with E-state index in [0.717, 1.165) is 71.3 Å². The highest BCUT2D eigenvalue weighted by molar-refractivity contribution is 7.20. The summed E-state index contributed by atoms with van der Waals surface area (Å²) in [5, 5.41) is 13.3. The number of aromatic nitrogens is 4. The summed E-state index contributed by atoms with van der Waals surface area (Å²) < 4.78 is 12.5. The van der Waals surface area contributed by atoms with E-state index in [1.54, 1.807) is 7.11 Å². The predicted molar refractivity (Wildman–Crippen MR) is 130 cm³/mol. The van der Waals surface area contributed by atoms with Crippen LogP contribution in [-0.4, -0.2) is 64.5 Å². The Morgan fingerprint density at radius 1 is 1.15 bits per heavy atom. The van der Waals surface area contributed by atoms with Crippen molar-refractivity contribution < 1.29 is 9.47 Å². The van der Waals surface area contributed by atoms with Gasteiger partial charge in [0.25, 0.3) is 0 Å². The van der Waals surface area contributed by atoms with Gasteiger partial charge in [0, 0.05) is 37.9 Å². The Morgan fingerprint density at radius 2 is 1.97 bits per heavy atom. The molecule has 10 heteroatoms. The van der Waals surface area contributed by atoms with Crippen molar-refractivity contribution in [3.05, 3.63) is 54.4 Å². The van der Waals surface area contributed by atoms with Gasteiger partial charge in [-0.2, -0.15) is 0 Å². The molecule has 4 heterocycles. The standard InChI is InChI=1S/C23H27N7O2S/c1-3-30(28-10-12-32-13-11-28)21-9-6-18(15-24-21)20-16-29-23(26-20)33-22(27-29)25-14-17-4-7-19(31-2)8-5-17/h4-9,15-16H,3,10-14H2,1-2H3,(H,25,27). The zero-order valence-electron chi connectivity index (χ0n) is 18.8. The van der Waals surface area contributed by atoms with Crippen molar-refractivity contribution in [2.75, 3.05) is 50.3 Å². The molecule has 0 atom stereocenters. The van der Waals surface area contributed by atoms with Gasteiger partial charge in [-0.1, -0.05) is 23.5 Å². The summed E-state index contributed by atoms with van der Waals surface area (Å²) in [6.45, 7) is 6.97. The van der Waals surface area contributed by atoms with Gasteiger partial charge in [0.1, 0.15) is 11.6 Å². The van der Waals surface area contributed by atoms with E-state index in [0.29, 0.717) is 6.54 Å². The lowest BCUT2D eigenvalue weighted by molar-refractivity contribution is 0.0318. The first-order chi connectivity index (χ1) is 16.2. The maximum Gasteiger partial charge on any atom is 0.214 e. The second-order valence-corrected chi connectivity index (χ2v) is 8.60. The number of fused-ring (bicyclic) bond motifs is 1. The Kier molecular flexibility index (Phi) is 6.38. The number of methoxy groups -OCH3 is 1. The first-order valence-electron chi connectivity index (χ1n) is 11.0. The second kappa shape index (κ2) is 9.74. The summed E-state index contributed by atoms with van der Waals surface area (Å²) in [5.41, 5.74) is 3.00. The fourth-order valence-corrected chi connectivity index (χ4v) is 4.60. The van der Waals surface area contributed by atoms with Crippen LogP contribution in [0.15, 0.2) is 48.8 Å². The molecular formula is C23H27N7O2S. The quantitative estimate of drug-likeness (QED) is 0.423. The summed E-state index contributed by atoms with van der Waals surface area (Å²) in [6, 6.07) is 12.1. The monoisotopic (exact) mass is 465 g/mol. The van der Waals surface area contributed by atoms with E-state index in [1.165, 1.54) is 11.3 Å². The molecule has 9 nitrogen and oxygen atoms in total. The normalized spacial score (nSPS) is 14.5. The Hall–Kier alpha value is -3.21. The number of nitrogens with zero attached hydrogens (tertiary/aromatic N) is 6. The minimum atomic E-state index is 0.690. The molecule has 33 heavy (non-hydrogen) atoms. The minimum absolute atomic E-state index is 0.690. The highest BCUT2D eigenvalue weighted by atomic mass is 32.1. The van der Waals surface area contributed by atoms with Crippen LogP contribution in [0.3, 0.4) is 0 Å². The average molecular weight is 466 g/mol. The maximum atomic E-state index is 5.47. The number of nitrogens with one attached hydrogen (secondary N) is 1. The Bertz CT molecular complexity index is 1150. The highest BCUT2D eigenvalue weighted by Gasteiger charge is 2.19. The molecular weight excluding hydrogens is 438 g/mol. The number of ether oxygens (including phenoxy) is 2. The number of pyridine rings is 1. The van der Waals surface area contributed by atoms with Gasteiger partial charge in [0.15, 0.2) is 0 Å². The van der Waals surface area contributed by atoms with Gasteiger partial charge in [-0.15, -0.1) is 5.10 Å². The predicted octanol–water partition coefficient (Wildman–Crippen LogP) is 3.55. The molecule has 1 fully saturated rings. The lowest BCUT2D eigenvalue weighted by Gasteiger charge is -2.37. The minimum Gasteiger partial charge on any atom is -0.497 e. The van der Waals surface area contributed by atoms with Gasteiger partial charge in [0.2, 0.25) is 10.1 Å². The Labute approximate surface area is 196 Å². The van der Waals surface area contributed by atoms with E-state index < -0.39 is 0 Å². The summed E-state index contributed by atoms with van der Waals surface area (Å²) in [4.78, 5) is 10.3. The molecule has 0 radical (unpaired) electrons. The maximum absolute atomic E-state index is 5.47. The van der Waals surface area contributed by atoms with Crippen molar-refractivity contribution in [1.82, 2.24) is 24.6 Å². The number of hydrazine groups is 1. The van der Waals surface area contributed by atoms with Gasteiger partial charge in [0.05, 0.1) is 32.2 Å². The van der Waals surface area contributed by atoms with Crippen LogP contribution in [0.5, 0.6) is 5.75 Å². The zero-order chi connectivity index (χ0) is 22.6. The molecule has 1 N–H and O–H groups in total. The van der Waals surface area contributed by atoms with Crippen molar-refractivity contribution >= 4 is 27.2 Å². The molecule has 1 aliphatic heterocycles. The molecule has 0 amide bonds. The van der Waals surface area contributed by atoms with Crippen LogP contribution in [-0.2, 0) is 11.3 Å².